The largest absolute Gasteiger partial charge is 0.493 e. The fourth-order valence-electron chi connectivity index (χ4n) is 3.75. The van der Waals surface area contributed by atoms with Crippen molar-refractivity contribution < 1.29 is 29.0 Å². The number of aromatic carboxylic acids is 1. The Bertz CT molecular complexity index is 1440. The summed E-state index contributed by atoms with van der Waals surface area (Å²) in [7, 11) is 1.48. The molecular weight excluding hydrogens is 474 g/mol. The number of hydrogen-bond donors (Lipinski definition) is 2. The zero-order valence-corrected chi connectivity index (χ0v) is 20.5. The number of rotatable bonds is 8. The lowest BCUT2D eigenvalue weighted by molar-refractivity contribution is -0.118. The van der Waals surface area contributed by atoms with E-state index in [0.717, 1.165) is 5.56 Å². The lowest BCUT2D eigenvalue weighted by Crippen LogP contribution is -2.21. The van der Waals surface area contributed by atoms with Gasteiger partial charge in [-0.2, -0.15) is 10.1 Å². The van der Waals surface area contributed by atoms with Gasteiger partial charge in [-0.15, -0.1) is 0 Å². The zero-order valence-electron chi connectivity index (χ0n) is 20.5. The third-order valence-electron chi connectivity index (χ3n) is 5.56. The first-order chi connectivity index (χ1) is 17.7. The van der Waals surface area contributed by atoms with Gasteiger partial charge in [0.2, 0.25) is 0 Å². The topological polar surface area (TPSA) is 118 Å². The highest BCUT2D eigenvalue weighted by atomic mass is 16.5. The minimum absolute atomic E-state index is 0.0588. The second-order valence-electron chi connectivity index (χ2n) is 8.33. The molecule has 0 bridgehead atoms. The van der Waals surface area contributed by atoms with Gasteiger partial charge in [0.15, 0.2) is 18.1 Å². The number of carbonyl (C=O) groups excluding carboxylic acids is 2. The number of hydrazone groups is 1. The maximum atomic E-state index is 13.1. The average molecular weight is 500 g/mol. The van der Waals surface area contributed by atoms with Crippen molar-refractivity contribution in [1.82, 2.24) is 0 Å². The van der Waals surface area contributed by atoms with Gasteiger partial charge in [0.25, 0.3) is 11.8 Å². The highest BCUT2D eigenvalue weighted by molar-refractivity contribution is 6.32. The molecule has 0 radical (unpaired) electrons. The highest BCUT2D eigenvalue weighted by Gasteiger charge is 2.29. The summed E-state index contributed by atoms with van der Waals surface area (Å²) in [6, 6.07) is 18.6. The van der Waals surface area contributed by atoms with Crippen LogP contribution in [0.4, 0.5) is 11.4 Å². The molecule has 1 aliphatic rings. The molecule has 0 saturated carbocycles. The summed E-state index contributed by atoms with van der Waals surface area (Å²) in [6.07, 6.45) is 1.67. The van der Waals surface area contributed by atoms with Crippen LogP contribution in [0.25, 0.3) is 6.08 Å². The molecule has 0 aromatic heterocycles. The van der Waals surface area contributed by atoms with Gasteiger partial charge in [-0.3, -0.25) is 9.59 Å². The van der Waals surface area contributed by atoms with Crippen LogP contribution in [0.15, 0.2) is 77.4 Å². The van der Waals surface area contributed by atoms with Gasteiger partial charge in [-0.25, -0.2) is 4.79 Å². The Morgan fingerprint density at radius 1 is 1.03 bits per heavy atom. The molecule has 2 amide bonds. The van der Waals surface area contributed by atoms with Crippen molar-refractivity contribution in [3.05, 3.63) is 89.0 Å². The van der Waals surface area contributed by atoms with E-state index in [1.165, 1.54) is 24.3 Å². The molecule has 0 saturated heterocycles. The van der Waals surface area contributed by atoms with Crippen LogP contribution >= 0.6 is 0 Å². The van der Waals surface area contributed by atoms with Crippen molar-refractivity contribution in [2.75, 3.05) is 24.0 Å². The number of nitrogens with zero attached hydrogens (tertiary/aromatic N) is 2. The summed E-state index contributed by atoms with van der Waals surface area (Å²) in [4.78, 5) is 36.7. The number of ether oxygens (including phenoxy) is 2. The minimum Gasteiger partial charge on any atom is -0.493 e. The van der Waals surface area contributed by atoms with E-state index in [4.69, 9.17) is 9.47 Å². The molecule has 0 aliphatic carbocycles. The van der Waals surface area contributed by atoms with Crippen molar-refractivity contribution in [3.63, 3.8) is 0 Å². The van der Waals surface area contributed by atoms with Crippen molar-refractivity contribution >= 4 is 40.9 Å². The Balaban J connectivity index is 1.47. The van der Waals surface area contributed by atoms with Crippen LogP contribution < -0.4 is 19.8 Å². The van der Waals surface area contributed by atoms with Crippen LogP contribution in [0.3, 0.4) is 0 Å². The number of carbonyl (C=O) groups is 3. The summed E-state index contributed by atoms with van der Waals surface area (Å²) >= 11 is 0. The van der Waals surface area contributed by atoms with E-state index in [1.807, 2.05) is 25.1 Å². The van der Waals surface area contributed by atoms with Crippen molar-refractivity contribution in [2.24, 2.45) is 5.10 Å². The molecule has 0 atom stereocenters. The fraction of sp³-hybridized carbons (Fsp3) is 0.143. The summed E-state index contributed by atoms with van der Waals surface area (Å²) < 4.78 is 11.1. The first-order valence-electron chi connectivity index (χ1n) is 11.4. The van der Waals surface area contributed by atoms with Gasteiger partial charge >= 0.3 is 5.97 Å². The van der Waals surface area contributed by atoms with Crippen molar-refractivity contribution in [1.29, 1.82) is 0 Å². The second kappa shape index (κ2) is 10.8. The highest BCUT2D eigenvalue weighted by Crippen LogP contribution is 2.31. The molecule has 1 aliphatic heterocycles. The van der Waals surface area contributed by atoms with Gasteiger partial charge in [0.1, 0.15) is 0 Å². The minimum atomic E-state index is -1.09. The number of nitrogens with one attached hydrogen (secondary N) is 1. The number of carboxylic acids is 1. The average Bonchev–Trinajstić information content (AvgIpc) is 3.16. The third kappa shape index (κ3) is 5.84. The van der Waals surface area contributed by atoms with Crippen LogP contribution in [0, 0.1) is 6.92 Å². The Hall–Kier alpha value is -4.92. The molecule has 0 spiro atoms. The van der Waals surface area contributed by atoms with Crippen molar-refractivity contribution in [2.45, 2.75) is 13.8 Å². The number of methoxy groups -OCH3 is 1. The monoisotopic (exact) mass is 499 g/mol. The van der Waals surface area contributed by atoms with Gasteiger partial charge < -0.3 is 19.9 Å². The lowest BCUT2D eigenvalue weighted by atomic mass is 10.1. The molecule has 1 heterocycles. The quantitative estimate of drug-likeness (QED) is 0.440. The van der Waals surface area contributed by atoms with Crippen LogP contribution in [-0.2, 0) is 9.59 Å². The smallest absolute Gasteiger partial charge is 0.335 e. The van der Waals surface area contributed by atoms with E-state index in [-0.39, 0.29) is 24.0 Å². The molecule has 3 aromatic rings. The maximum absolute atomic E-state index is 13.1. The molecular formula is C28H25N3O6. The molecule has 0 unspecified atom stereocenters. The zero-order chi connectivity index (χ0) is 26.5. The number of amides is 2. The Labute approximate surface area is 213 Å². The summed E-state index contributed by atoms with van der Waals surface area (Å²) in [5, 5.41) is 17.5. The first-order valence-corrected chi connectivity index (χ1v) is 11.4. The second-order valence-corrected chi connectivity index (χ2v) is 8.33. The normalized spacial score (nSPS) is 13.9. The van der Waals surface area contributed by atoms with Gasteiger partial charge in [0, 0.05) is 5.69 Å². The van der Waals surface area contributed by atoms with Crippen LogP contribution in [0.1, 0.15) is 28.4 Å². The molecule has 3 aromatic carbocycles. The van der Waals surface area contributed by atoms with Crippen LogP contribution in [-0.4, -0.2) is 42.3 Å². The Morgan fingerprint density at radius 3 is 2.54 bits per heavy atom. The SMILES string of the molecule is COc1cc(/C=C2\C(=O)N(c3cccc(C(=O)O)c3)N=C2C)ccc1OCC(=O)Nc1cccc(C)c1. The predicted molar refractivity (Wildman–Crippen MR) is 140 cm³/mol. The van der Waals surface area contributed by atoms with E-state index in [9.17, 15) is 19.5 Å². The summed E-state index contributed by atoms with van der Waals surface area (Å²) in [6.45, 7) is 3.43. The number of benzene rings is 3. The van der Waals surface area contributed by atoms with Gasteiger partial charge in [-0.05, 0) is 73.5 Å². The lowest BCUT2D eigenvalue weighted by Gasteiger charge is -2.13. The molecule has 9 nitrogen and oxygen atoms in total. The van der Waals surface area contributed by atoms with Gasteiger partial charge in [-0.1, -0.05) is 24.3 Å². The molecule has 4 rings (SSSR count). The Kier molecular flexibility index (Phi) is 7.34. The van der Waals surface area contributed by atoms with Crippen molar-refractivity contribution in [3.8, 4) is 11.5 Å². The van der Waals surface area contributed by atoms with E-state index in [0.29, 0.717) is 39.7 Å². The van der Waals surface area contributed by atoms with Crippen LogP contribution in [0.5, 0.6) is 11.5 Å². The molecule has 9 heteroatoms. The number of hydrogen-bond acceptors (Lipinski definition) is 6. The fourth-order valence-corrected chi connectivity index (χ4v) is 3.75. The van der Waals surface area contributed by atoms with Gasteiger partial charge in [0.05, 0.1) is 29.6 Å². The predicted octanol–water partition coefficient (Wildman–Crippen LogP) is 4.53. The maximum Gasteiger partial charge on any atom is 0.335 e. The van der Waals surface area contributed by atoms with E-state index < -0.39 is 5.97 Å². The molecule has 0 fully saturated rings. The molecule has 2 N–H and O–H groups in total. The first kappa shape index (κ1) is 25.2. The summed E-state index contributed by atoms with van der Waals surface area (Å²) in [5.41, 5.74) is 3.63. The third-order valence-corrected chi connectivity index (χ3v) is 5.56. The number of carboxylic acid groups (broad SMARTS) is 1. The Morgan fingerprint density at radius 2 is 1.81 bits per heavy atom. The van der Waals surface area contributed by atoms with E-state index >= 15 is 0 Å². The van der Waals surface area contributed by atoms with E-state index in [2.05, 4.69) is 10.4 Å². The molecule has 188 valence electrons. The summed E-state index contributed by atoms with van der Waals surface area (Å²) in [5.74, 6) is -1.02. The van der Waals surface area contributed by atoms with E-state index in [1.54, 1.807) is 49.4 Å². The van der Waals surface area contributed by atoms with Crippen LogP contribution in [0.2, 0.25) is 0 Å². The standard InChI is InChI=1S/C28H25N3O6/c1-17-6-4-8-21(12-17)29-26(32)16-37-24-11-10-19(14-25(24)36-3)13-23-18(2)30-31(27(23)33)22-9-5-7-20(15-22)28(34)35/h4-15H,16H2,1-3H3,(H,29,32)(H,34,35)/b23-13-. The molecule has 37 heavy (non-hydrogen) atoms. The number of aryl methyl sites for hydroxylation is 1. The number of anilines is 2.